The van der Waals surface area contributed by atoms with Gasteiger partial charge in [0, 0.05) is 0 Å². The summed E-state index contributed by atoms with van der Waals surface area (Å²) in [6.45, 7) is 0. The Kier molecular flexibility index (Phi) is 1.37. The number of hydrogen-bond donors (Lipinski definition) is 2. The van der Waals surface area contributed by atoms with Gasteiger partial charge < -0.3 is 19.9 Å². The second kappa shape index (κ2) is 2.44. The van der Waals surface area contributed by atoms with Gasteiger partial charge >= 0.3 is 16.4 Å². The zero-order valence-electron chi connectivity index (χ0n) is 7.48. The number of hydrogen-bond acceptors (Lipinski definition) is 9. The first-order valence-electron chi connectivity index (χ1n) is 3.91. The molecule has 11 heteroatoms. The number of rotatable bonds is 0. The molecule has 0 atom stereocenters. The molecule has 0 saturated carbocycles. The van der Waals surface area contributed by atoms with E-state index in [4.69, 9.17) is 11.6 Å². The molecule has 0 saturated heterocycles. The van der Waals surface area contributed by atoms with Crippen molar-refractivity contribution in [3.05, 3.63) is 0 Å². The van der Waals surface area contributed by atoms with Crippen LogP contribution in [0.3, 0.4) is 0 Å². The Hall–Kier alpha value is -2.30. The van der Waals surface area contributed by atoms with Gasteiger partial charge in [0.25, 0.3) is 5.88 Å². The van der Waals surface area contributed by atoms with Gasteiger partial charge in [0.05, 0.1) is 0 Å². The summed E-state index contributed by atoms with van der Waals surface area (Å²) in [6.07, 6.45) is 0. The van der Waals surface area contributed by atoms with Gasteiger partial charge in [-0.2, -0.15) is 15.0 Å². The molecule has 84 valence electrons. The van der Waals surface area contributed by atoms with Crippen LogP contribution in [0.4, 0.5) is 5.95 Å². The fraction of sp³-hybridized carbons (Fsp3) is 0. The topological polar surface area (TPSA) is 148 Å². The van der Waals surface area contributed by atoms with Crippen molar-refractivity contribution < 1.29 is 16.8 Å². The molecule has 10 nitrogen and oxygen atoms in total. The van der Waals surface area contributed by atoms with Crippen LogP contribution in [0.25, 0.3) is 11.2 Å². The van der Waals surface area contributed by atoms with E-state index < -0.39 is 10.4 Å². The van der Waals surface area contributed by atoms with Crippen molar-refractivity contribution in [2.45, 2.75) is 0 Å². The molecule has 0 radical (unpaired) electrons. The molecule has 0 spiro atoms. The molecule has 2 aromatic heterocycles. The largest absolute Gasteiger partial charge is 0.505 e. The van der Waals surface area contributed by atoms with E-state index in [1.807, 2.05) is 0 Å². The highest BCUT2D eigenvalue weighted by Crippen LogP contribution is 2.30. The summed E-state index contributed by atoms with van der Waals surface area (Å²) in [5.74, 6) is 5.19. The lowest BCUT2D eigenvalue weighted by Crippen LogP contribution is -2.24. The predicted octanol–water partition coefficient (Wildman–Crippen LogP) is -1.86. The van der Waals surface area contributed by atoms with Gasteiger partial charge in [0.2, 0.25) is 5.95 Å². The molecule has 3 rings (SSSR count). The molecule has 0 unspecified atom stereocenters. The number of nitrogens with two attached hydrogens (primary N) is 2. The highest BCUT2D eigenvalue weighted by atomic mass is 32.3. The lowest BCUT2D eigenvalue weighted by Gasteiger charge is -2.12. The lowest BCUT2D eigenvalue weighted by atomic mass is 10.5. The van der Waals surface area contributed by atoms with Crippen molar-refractivity contribution in [2.24, 2.45) is 0 Å². The van der Waals surface area contributed by atoms with E-state index in [1.165, 1.54) is 0 Å². The monoisotopic (exact) mass is 244 g/mol. The van der Waals surface area contributed by atoms with E-state index in [2.05, 4.69) is 23.3 Å². The maximum atomic E-state index is 11.1. The number of nitrogen functional groups attached to an aromatic ring is 2. The first-order chi connectivity index (χ1) is 7.46. The predicted molar refractivity (Wildman–Crippen MR) is 50.1 cm³/mol. The van der Waals surface area contributed by atoms with Crippen LogP contribution >= 0.6 is 0 Å². The van der Waals surface area contributed by atoms with Gasteiger partial charge in [-0.15, -0.1) is 8.42 Å². The summed E-state index contributed by atoms with van der Waals surface area (Å²) >= 11 is 0. The van der Waals surface area contributed by atoms with Gasteiger partial charge in [-0.1, -0.05) is 0 Å². The molecule has 0 aliphatic carbocycles. The van der Waals surface area contributed by atoms with E-state index in [-0.39, 0.29) is 29.0 Å². The van der Waals surface area contributed by atoms with Crippen LogP contribution in [0.5, 0.6) is 11.9 Å². The lowest BCUT2D eigenvalue weighted by molar-refractivity contribution is 0.351. The highest BCUT2D eigenvalue weighted by molar-refractivity contribution is 7.82. The number of fused-ring (bicyclic) bond motifs is 4. The fourth-order valence-electron chi connectivity index (χ4n) is 1.27. The molecule has 1 aliphatic rings. The Morgan fingerprint density at radius 1 is 1.19 bits per heavy atom. The van der Waals surface area contributed by atoms with Crippen LogP contribution in [0, 0.1) is 0 Å². The quantitative estimate of drug-likeness (QED) is 0.508. The summed E-state index contributed by atoms with van der Waals surface area (Å²) in [5, 5.41) is 0. The zero-order chi connectivity index (χ0) is 11.5. The second-order valence-corrected chi connectivity index (χ2v) is 4.05. The maximum absolute atomic E-state index is 11.1. The van der Waals surface area contributed by atoms with Gasteiger partial charge in [0.15, 0.2) is 11.2 Å². The Morgan fingerprint density at radius 2 is 1.94 bits per heavy atom. The van der Waals surface area contributed by atoms with Crippen LogP contribution in [0.2, 0.25) is 0 Å². The van der Waals surface area contributed by atoms with Crippen LogP contribution in [-0.4, -0.2) is 28.0 Å². The summed E-state index contributed by atoms with van der Waals surface area (Å²) in [6, 6.07) is -0.383. The number of aromatic nitrogens is 4. The Morgan fingerprint density at radius 3 is 2.69 bits per heavy atom. The third-order valence-electron chi connectivity index (χ3n) is 1.88. The minimum absolute atomic E-state index is 0.0504. The van der Waals surface area contributed by atoms with E-state index in [0.29, 0.717) is 0 Å². The smallest absolute Gasteiger partial charge is 0.368 e. The molecular weight excluding hydrogens is 240 g/mol. The average Bonchev–Trinajstić information content (AvgIpc) is 2.39. The third kappa shape index (κ3) is 1.05. The second-order valence-electron chi connectivity index (χ2n) is 2.90. The Bertz CT molecular complexity index is 705. The zero-order valence-corrected chi connectivity index (χ0v) is 8.30. The normalized spacial score (nSPS) is 16.8. The van der Waals surface area contributed by atoms with Crippen molar-refractivity contribution in [1.82, 2.24) is 19.6 Å². The molecule has 16 heavy (non-hydrogen) atoms. The molecule has 0 aromatic carbocycles. The molecular formula is C5H4N6O4S. The van der Waals surface area contributed by atoms with Gasteiger partial charge in [0.1, 0.15) is 0 Å². The standard InChI is InChI=1S/C5H4N6O4S/c6-4-8-2-1(11(4)7)3-10-5(9-2)15-16(12,13)14-3/h7H2,(H2,6,8,9,10). The van der Waals surface area contributed by atoms with Gasteiger partial charge in [-0.25, -0.2) is 4.68 Å². The molecule has 3 heterocycles. The Labute approximate surface area is 88.1 Å². The maximum Gasteiger partial charge on any atom is 0.505 e. The van der Waals surface area contributed by atoms with E-state index in [1.54, 1.807) is 0 Å². The first kappa shape index (κ1) is 8.96. The van der Waals surface area contributed by atoms with Gasteiger partial charge in [-0.05, 0) is 0 Å². The van der Waals surface area contributed by atoms with Crippen molar-refractivity contribution in [3.63, 3.8) is 0 Å². The summed E-state index contributed by atoms with van der Waals surface area (Å²) in [4.78, 5) is 11.1. The van der Waals surface area contributed by atoms with Gasteiger partial charge in [-0.3, -0.25) is 0 Å². The number of anilines is 1. The minimum Gasteiger partial charge on any atom is -0.368 e. The molecule has 0 fully saturated rings. The molecule has 1 aliphatic heterocycles. The molecule has 2 bridgehead atoms. The number of nitrogens with zero attached hydrogens (tertiary/aromatic N) is 4. The molecule has 2 aromatic rings. The van der Waals surface area contributed by atoms with Crippen LogP contribution in [0.1, 0.15) is 0 Å². The van der Waals surface area contributed by atoms with Crippen LogP contribution < -0.4 is 19.9 Å². The van der Waals surface area contributed by atoms with E-state index in [9.17, 15) is 8.42 Å². The third-order valence-corrected chi connectivity index (χ3v) is 2.59. The fourth-order valence-corrected chi connectivity index (χ4v) is 1.87. The summed E-state index contributed by atoms with van der Waals surface area (Å²) in [7, 11) is -4.19. The summed E-state index contributed by atoms with van der Waals surface area (Å²) in [5.41, 5.74) is 5.60. The average molecular weight is 244 g/mol. The van der Waals surface area contributed by atoms with E-state index in [0.717, 1.165) is 4.68 Å². The Balaban J connectivity index is 2.43. The molecule has 4 N–H and O–H groups in total. The SMILES string of the molecule is Nc1nc2nc3nc(c2n1N)OS(=O)(=O)O3. The van der Waals surface area contributed by atoms with Crippen LogP contribution in [0.15, 0.2) is 0 Å². The van der Waals surface area contributed by atoms with E-state index >= 15 is 0 Å². The van der Waals surface area contributed by atoms with Crippen molar-refractivity contribution in [1.29, 1.82) is 0 Å². The minimum atomic E-state index is -4.19. The van der Waals surface area contributed by atoms with Crippen molar-refractivity contribution in [2.75, 3.05) is 11.6 Å². The first-order valence-corrected chi connectivity index (χ1v) is 5.24. The number of imidazole rings is 1. The van der Waals surface area contributed by atoms with Crippen LogP contribution in [-0.2, 0) is 10.4 Å². The van der Waals surface area contributed by atoms with Crippen molar-refractivity contribution >= 4 is 27.5 Å². The molecule has 0 amide bonds. The highest BCUT2D eigenvalue weighted by Gasteiger charge is 2.30. The van der Waals surface area contributed by atoms with Crippen molar-refractivity contribution in [3.8, 4) is 11.9 Å². The summed E-state index contributed by atoms with van der Waals surface area (Å²) < 4.78 is 31.9.